The molecule has 0 radical (unpaired) electrons. The van der Waals surface area contributed by atoms with Gasteiger partial charge in [0.25, 0.3) is 0 Å². The van der Waals surface area contributed by atoms with Crippen molar-refractivity contribution in [3.8, 4) is 0 Å². The van der Waals surface area contributed by atoms with E-state index in [1.807, 2.05) is 26.0 Å². The van der Waals surface area contributed by atoms with Crippen LogP contribution in [0.4, 0.5) is 5.69 Å². The van der Waals surface area contributed by atoms with E-state index in [-0.39, 0.29) is 12.2 Å². The maximum absolute atomic E-state index is 5.61. The van der Waals surface area contributed by atoms with Crippen LogP contribution in [0.3, 0.4) is 0 Å². The molecule has 1 heterocycles. The fourth-order valence-corrected chi connectivity index (χ4v) is 2.70. The summed E-state index contributed by atoms with van der Waals surface area (Å²) >= 11 is 3.37. The minimum Gasteiger partial charge on any atom is -0.378 e. The Hall–Kier alpha value is -0.650. The predicted molar refractivity (Wildman–Crippen MR) is 74.9 cm³/mol. The lowest BCUT2D eigenvalue weighted by Gasteiger charge is -2.43. The Morgan fingerprint density at radius 2 is 2.28 bits per heavy atom. The van der Waals surface area contributed by atoms with E-state index in [2.05, 4.69) is 26.2 Å². The molecule has 0 aliphatic heterocycles. The lowest BCUT2D eigenvalue weighted by molar-refractivity contribution is -0.118. The summed E-state index contributed by atoms with van der Waals surface area (Å²) in [7, 11) is 1.73. The third-order valence-corrected chi connectivity index (χ3v) is 3.74. The zero-order valence-corrected chi connectivity index (χ0v) is 12.5. The second-order valence-electron chi connectivity index (χ2n) is 4.45. The van der Waals surface area contributed by atoms with Gasteiger partial charge in [-0.15, -0.1) is 0 Å². The van der Waals surface area contributed by atoms with Crippen LogP contribution in [0, 0.1) is 6.92 Å². The third-order valence-electron chi connectivity index (χ3n) is 3.29. The Morgan fingerprint density at radius 3 is 2.89 bits per heavy atom. The van der Waals surface area contributed by atoms with Gasteiger partial charge in [0.2, 0.25) is 0 Å². The van der Waals surface area contributed by atoms with Crippen LogP contribution in [-0.4, -0.2) is 37.0 Å². The summed E-state index contributed by atoms with van der Waals surface area (Å²) in [5.41, 5.74) is 2.04. The molecular formula is C13H19BrN2O2. The first kappa shape index (κ1) is 13.8. The average molecular weight is 315 g/mol. The Balaban J connectivity index is 1.98. The summed E-state index contributed by atoms with van der Waals surface area (Å²) in [6.07, 6.45) is 1.30. The van der Waals surface area contributed by atoms with Crippen molar-refractivity contribution in [2.45, 2.75) is 38.5 Å². The average Bonchev–Trinajstić information content (AvgIpc) is 2.31. The van der Waals surface area contributed by atoms with Gasteiger partial charge in [0, 0.05) is 13.7 Å². The molecule has 1 aromatic rings. The molecule has 18 heavy (non-hydrogen) atoms. The number of hydrogen-bond acceptors (Lipinski definition) is 4. The zero-order chi connectivity index (χ0) is 13.1. The van der Waals surface area contributed by atoms with Crippen LogP contribution in [0.5, 0.6) is 0 Å². The molecule has 1 fully saturated rings. The number of aryl methyl sites for hydroxylation is 1. The van der Waals surface area contributed by atoms with Crippen molar-refractivity contribution in [2.24, 2.45) is 0 Å². The van der Waals surface area contributed by atoms with Crippen LogP contribution in [0.25, 0.3) is 0 Å². The molecule has 5 heteroatoms. The lowest BCUT2D eigenvalue weighted by atomic mass is 9.85. The van der Waals surface area contributed by atoms with Gasteiger partial charge in [0.1, 0.15) is 10.7 Å². The molecule has 3 unspecified atom stereocenters. The second-order valence-corrected chi connectivity index (χ2v) is 5.26. The SMILES string of the molecule is CCOC1CC(Nc2ccc(Br)nc2C)C1OC. The minimum atomic E-state index is 0.119. The fourth-order valence-electron chi connectivity index (χ4n) is 2.30. The number of nitrogens with one attached hydrogen (secondary N) is 1. The van der Waals surface area contributed by atoms with E-state index in [0.717, 1.165) is 29.0 Å². The highest BCUT2D eigenvalue weighted by atomic mass is 79.9. The number of nitrogens with zero attached hydrogens (tertiary/aromatic N) is 1. The largest absolute Gasteiger partial charge is 0.378 e. The van der Waals surface area contributed by atoms with Gasteiger partial charge >= 0.3 is 0 Å². The summed E-state index contributed by atoms with van der Waals surface area (Å²) in [6.45, 7) is 4.74. The molecule has 4 nitrogen and oxygen atoms in total. The minimum absolute atomic E-state index is 0.119. The summed E-state index contributed by atoms with van der Waals surface area (Å²) in [4.78, 5) is 4.37. The van der Waals surface area contributed by atoms with Crippen LogP contribution in [-0.2, 0) is 9.47 Å². The summed E-state index contributed by atoms with van der Waals surface area (Å²) < 4.78 is 11.9. The molecule has 1 aliphatic rings. The molecule has 100 valence electrons. The molecular weight excluding hydrogens is 296 g/mol. The molecule has 1 aromatic heterocycles. The Bertz CT molecular complexity index is 414. The van der Waals surface area contributed by atoms with E-state index in [9.17, 15) is 0 Å². The van der Waals surface area contributed by atoms with Gasteiger partial charge in [0.05, 0.1) is 23.5 Å². The molecule has 0 aromatic carbocycles. The number of methoxy groups -OCH3 is 1. The molecule has 0 saturated heterocycles. The Labute approximate surface area is 116 Å². The van der Waals surface area contributed by atoms with Crippen molar-refractivity contribution in [1.29, 1.82) is 0 Å². The van der Waals surface area contributed by atoms with Gasteiger partial charge in [0.15, 0.2) is 0 Å². The lowest BCUT2D eigenvalue weighted by Crippen LogP contribution is -2.56. The van der Waals surface area contributed by atoms with Gasteiger partial charge in [-0.2, -0.15) is 0 Å². The van der Waals surface area contributed by atoms with Gasteiger partial charge in [-0.1, -0.05) is 0 Å². The van der Waals surface area contributed by atoms with Gasteiger partial charge < -0.3 is 14.8 Å². The number of aromatic nitrogens is 1. The summed E-state index contributed by atoms with van der Waals surface area (Å²) in [5, 5.41) is 3.47. The van der Waals surface area contributed by atoms with Crippen molar-refractivity contribution in [1.82, 2.24) is 4.98 Å². The van der Waals surface area contributed by atoms with Crippen molar-refractivity contribution in [3.05, 3.63) is 22.4 Å². The molecule has 0 bridgehead atoms. The van der Waals surface area contributed by atoms with E-state index < -0.39 is 0 Å². The molecule has 3 atom stereocenters. The first-order chi connectivity index (χ1) is 8.65. The highest BCUT2D eigenvalue weighted by Gasteiger charge is 2.42. The Kier molecular flexibility index (Phi) is 4.59. The van der Waals surface area contributed by atoms with Crippen molar-refractivity contribution < 1.29 is 9.47 Å². The predicted octanol–water partition coefficient (Wildman–Crippen LogP) is 2.76. The molecule has 0 spiro atoms. The number of anilines is 1. The van der Waals surface area contributed by atoms with Gasteiger partial charge in [-0.25, -0.2) is 4.98 Å². The van der Waals surface area contributed by atoms with Crippen LogP contribution in [0.15, 0.2) is 16.7 Å². The monoisotopic (exact) mass is 314 g/mol. The van der Waals surface area contributed by atoms with Crippen LogP contribution < -0.4 is 5.32 Å². The number of halogens is 1. The topological polar surface area (TPSA) is 43.4 Å². The normalized spacial score (nSPS) is 26.8. The summed E-state index contributed by atoms with van der Waals surface area (Å²) in [6, 6.07) is 4.27. The third kappa shape index (κ3) is 2.84. The molecule has 1 saturated carbocycles. The highest BCUT2D eigenvalue weighted by Crippen LogP contribution is 2.30. The van der Waals surface area contributed by atoms with E-state index in [1.54, 1.807) is 7.11 Å². The smallest absolute Gasteiger partial charge is 0.106 e. The standard InChI is InChI=1S/C13H19BrN2O2/c1-4-18-11-7-10(13(11)17-3)16-9-5-6-12(14)15-8(9)2/h5-6,10-11,13,16H,4,7H2,1-3H3. The molecule has 1 aliphatic carbocycles. The van der Waals surface area contributed by atoms with Gasteiger partial charge in [-0.3, -0.25) is 0 Å². The quantitative estimate of drug-likeness (QED) is 0.849. The Morgan fingerprint density at radius 1 is 1.50 bits per heavy atom. The first-order valence-corrected chi connectivity index (χ1v) is 6.99. The number of rotatable bonds is 5. The number of pyridine rings is 1. The number of ether oxygens (including phenoxy) is 2. The first-order valence-electron chi connectivity index (χ1n) is 6.19. The van der Waals surface area contributed by atoms with Crippen LogP contribution >= 0.6 is 15.9 Å². The van der Waals surface area contributed by atoms with Crippen LogP contribution in [0.1, 0.15) is 19.0 Å². The van der Waals surface area contributed by atoms with Crippen molar-refractivity contribution in [3.63, 3.8) is 0 Å². The number of hydrogen-bond donors (Lipinski definition) is 1. The maximum atomic E-state index is 5.61. The highest BCUT2D eigenvalue weighted by molar-refractivity contribution is 9.10. The zero-order valence-electron chi connectivity index (χ0n) is 10.9. The molecule has 0 amide bonds. The maximum Gasteiger partial charge on any atom is 0.106 e. The van der Waals surface area contributed by atoms with E-state index in [4.69, 9.17) is 9.47 Å². The van der Waals surface area contributed by atoms with Crippen LogP contribution in [0.2, 0.25) is 0 Å². The van der Waals surface area contributed by atoms with Crippen molar-refractivity contribution >= 4 is 21.6 Å². The molecule has 2 rings (SSSR count). The molecule has 1 N–H and O–H groups in total. The second kappa shape index (κ2) is 5.99. The van der Waals surface area contributed by atoms with E-state index in [1.165, 1.54) is 0 Å². The summed E-state index contributed by atoms with van der Waals surface area (Å²) in [5.74, 6) is 0. The van der Waals surface area contributed by atoms with E-state index >= 15 is 0 Å². The van der Waals surface area contributed by atoms with Gasteiger partial charge in [-0.05, 0) is 48.3 Å². The van der Waals surface area contributed by atoms with Crippen molar-refractivity contribution in [2.75, 3.05) is 19.0 Å². The fraction of sp³-hybridized carbons (Fsp3) is 0.615. The van der Waals surface area contributed by atoms with E-state index in [0.29, 0.717) is 6.04 Å².